The second-order valence-electron chi connectivity index (χ2n) is 9.91. The molecule has 3 aromatic heterocycles. The van der Waals surface area contributed by atoms with Crippen molar-refractivity contribution < 1.29 is 9.18 Å². The summed E-state index contributed by atoms with van der Waals surface area (Å²) in [5, 5.41) is 0.779. The van der Waals surface area contributed by atoms with E-state index in [4.69, 9.17) is 16.6 Å². The van der Waals surface area contributed by atoms with Gasteiger partial charge in [-0.05, 0) is 56.2 Å². The molecule has 0 unspecified atom stereocenters. The zero-order chi connectivity index (χ0) is 28.6. The third-order valence-corrected chi connectivity index (χ3v) is 7.54. The van der Waals surface area contributed by atoms with E-state index >= 15 is 0 Å². The summed E-state index contributed by atoms with van der Waals surface area (Å²) < 4.78 is 16.4. The highest BCUT2D eigenvalue weighted by molar-refractivity contribution is 6.33. The summed E-state index contributed by atoms with van der Waals surface area (Å²) in [6, 6.07) is 9.70. The highest BCUT2D eigenvalue weighted by Crippen LogP contribution is 2.35. The van der Waals surface area contributed by atoms with Crippen molar-refractivity contribution in [1.29, 1.82) is 0 Å². The third kappa shape index (κ3) is 4.86. The van der Waals surface area contributed by atoms with Gasteiger partial charge >= 0.3 is 5.69 Å². The van der Waals surface area contributed by atoms with Gasteiger partial charge in [-0.3, -0.25) is 9.78 Å². The molecule has 1 atom stereocenters. The van der Waals surface area contributed by atoms with Crippen LogP contribution in [0, 0.1) is 12.7 Å². The predicted molar refractivity (Wildman–Crippen MR) is 156 cm³/mol. The van der Waals surface area contributed by atoms with E-state index in [1.165, 1.54) is 16.7 Å². The monoisotopic (exact) mass is 560 g/mol. The molecule has 1 fully saturated rings. The Hall–Kier alpha value is -4.11. The first-order valence-corrected chi connectivity index (χ1v) is 13.6. The number of hydrogen-bond acceptors (Lipinski definition) is 6. The highest BCUT2D eigenvalue weighted by atomic mass is 35.5. The van der Waals surface area contributed by atoms with Crippen LogP contribution in [0.1, 0.15) is 31.5 Å². The van der Waals surface area contributed by atoms with Crippen molar-refractivity contribution in [3.05, 3.63) is 87.8 Å². The molecule has 1 aromatic carbocycles. The van der Waals surface area contributed by atoms with Crippen LogP contribution in [-0.2, 0) is 11.2 Å². The Labute approximate surface area is 236 Å². The van der Waals surface area contributed by atoms with Gasteiger partial charge in [0.2, 0.25) is 5.91 Å². The van der Waals surface area contributed by atoms with Crippen LogP contribution >= 0.6 is 11.6 Å². The lowest BCUT2D eigenvalue weighted by Gasteiger charge is -2.40. The van der Waals surface area contributed by atoms with Crippen LogP contribution in [0.2, 0.25) is 5.02 Å². The normalized spacial score (nSPS) is 15.5. The minimum absolute atomic E-state index is 0.144. The fraction of sp³-hybridized carbons (Fsp3) is 0.300. The van der Waals surface area contributed by atoms with Crippen molar-refractivity contribution in [1.82, 2.24) is 24.4 Å². The molecule has 0 aliphatic carbocycles. The molecule has 1 amide bonds. The SMILES string of the molecule is C=CC(=O)N1CCN(c2nc(=O)n(-c3c(CCC)ccnc3C)c3nc(-c4ccccc4F)c(Cl)cc23)[C@@H](C)C1. The van der Waals surface area contributed by atoms with E-state index in [0.29, 0.717) is 47.9 Å². The largest absolute Gasteiger partial charge is 0.355 e. The zero-order valence-electron chi connectivity index (χ0n) is 22.7. The van der Waals surface area contributed by atoms with E-state index < -0.39 is 11.5 Å². The third-order valence-electron chi connectivity index (χ3n) is 7.25. The summed E-state index contributed by atoms with van der Waals surface area (Å²) >= 11 is 6.75. The van der Waals surface area contributed by atoms with Gasteiger partial charge in [-0.15, -0.1) is 0 Å². The first-order chi connectivity index (χ1) is 19.2. The number of piperazine rings is 1. The van der Waals surface area contributed by atoms with E-state index in [2.05, 4.69) is 23.5 Å². The molecule has 0 saturated carbocycles. The Kier molecular flexibility index (Phi) is 7.67. The van der Waals surface area contributed by atoms with Crippen molar-refractivity contribution in [3.8, 4) is 16.9 Å². The van der Waals surface area contributed by atoms with Crippen molar-refractivity contribution in [2.45, 2.75) is 39.7 Å². The lowest BCUT2D eigenvalue weighted by atomic mass is 10.1. The molecule has 4 aromatic rings. The van der Waals surface area contributed by atoms with Crippen molar-refractivity contribution in [2.75, 3.05) is 24.5 Å². The molecule has 5 rings (SSSR count). The zero-order valence-corrected chi connectivity index (χ0v) is 23.5. The van der Waals surface area contributed by atoms with E-state index in [9.17, 15) is 14.0 Å². The average molecular weight is 561 g/mol. The number of halogens is 2. The van der Waals surface area contributed by atoms with Gasteiger partial charge in [0.05, 0.1) is 27.5 Å². The maximum Gasteiger partial charge on any atom is 0.355 e. The number of aryl methyl sites for hydroxylation is 2. The maximum atomic E-state index is 14.9. The molecule has 4 heterocycles. The van der Waals surface area contributed by atoms with Crippen LogP contribution in [0.3, 0.4) is 0 Å². The molecular weight excluding hydrogens is 531 g/mol. The van der Waals surface area contributed by atoms with Crippen LogP contribution in [0.5, 0.6) is 0 Å². The molecule has 206 valence electrons. The van der Waals surface area contributed by atoms with Gasteiger partial charge in [-0.2, -0.15) is 4.98 Å². The number of fused-ring (bicyclic) bond motifs is 1. The molecule has 40 heavy (non-hydrogen) atoms. The summed E-state index contributed by atoms with van der Waals surface area (Å²) in [6.45, 7) is 10.8. The molecule has 0 N–H and O–H groups in total. The molecule has 0 radical (unpaired) electrons. The van der Waals surface area contributed by atoms with Gasteiger partial charge in [0.25, 0.3) is 0 Å². The van der Waals surface area contributed by atoms with E-state index in [-0.39, 0.29) is 28.2 Å². The summed E-state index contributed by atoms with van der Waals surface area (Å²) in [5.74, 6) is -0.197. The van der Waals surface area contributed by atoms with Crippen molar-refractivity contribution >= 4 is 34.4 Å². The highest BCUT2D eigenvalue weighted by Gasteiger charge is 2.30. The number of carbonyl (C=O) groups is 1. The lowest BCUT2D eigenvalue weighted by molar-refractivity contribution is -0.126. The number of amides is 1. The van der Waals surface area contributed by atoms with Gasteiger partial charge in [0.15, 0.2) is 5.65 Å². The second-order valence-corrected chi connectivity index (χ2v) is 10.3. The lowest BCUT2D eigenvalue weighted by Crippen LogP contribution is -2.54. The number of benzene rings is 1. The number of rotatable bonds is 6. The smallest absolute Gasteiger partial charge is 0.350 e. The first-order valence-electron chi connectivity index (χ1n) is 13.3. The van der Waals surface area contributed by atoms with Crippen molar-refractivity contribution in [2.24, 2.45) is 0 Å². The molecular formula is C30H30ClFN6O2. The van der Waals surface area contributed by atoms with Crippen LogP contribution in [-0.4, -0.2) is 56.0 Å². The van der Waals surface area contributed by atoms with Gasteiger partial charge in [-0.1, -0.05) is 43.7 Å². The van der Waals surface area contributed by atoms with Crippen LogP contribution in [0.4, 0.5) is 10.2 Å². The first kappa shape index (κ1) is 27.5. The van der Waals surface area contributed by atoms with Gasteiger partial charge in [0, 0.05) is 37.4 Å². The molecule has 1 aliphatic heterocycles. The molecule has 8 nitrogen and oxygen atoms in total. The Morgan fingerprint density at radius 3 is 2.70 bits per heavy atom. The quantitative estimate of drug-likeness (QED) is 0.304. The van der Waals surface area contributed by atoms with Gasteiger partial charge < -0.3 is 9.80 Å². The summed E-state index contributed by atoms with van der Waals surface area (Å²) in [6.07, 6.45) is 4.60. The predicted octanol–water partition coefficient (Wildman–Crippen LogP) is 5.12. The molecule has 0 spiro atoms. The second kappa shape index (κ2) is 11.2. The number of aromatic nitrogens is 4. The average Bonchev–Trinajstić information content (AvgIpc) is 2.94. The number of hydrogen-bond donors (Lipinski definition) is 0. The van der Waals surface area contributed by atoms with Crippen LogP contribution in [0.15, 0.2) is 60.0 Å². The van der Waals surface area contributed by atoms with Crippen molar-refractivity contribution in [3.63, 3.8) is 0 Å². The van der Waals surface area contributed by atoms with E-state index in [1.807, 2.05) is 24.8 Å². The van der Waals surface area contributed by atoms with Gasteiger partial charge in [-0.25, -0.2) is 18.7 Å². The minimum atomic E-state index is -0.526. The summed E-state index contributed by atoms with van der Waals surface area (Å²) in [4.78, 5) is 43.7. The number of nitrogens with zero attached hydrogens (tertiary/aromatic N) is 6. The topological polar surface area (TPSA) is 84.2 Å². The Balaban J connectivity index is 1.80. The fourth-order valence-corrected chi connectivity index (χ4v) is 5.61. The molecule has 10 heteroatoms. The summed E-state index contributed by atoms with van der Waals surface area (Å²) in [7, 11) is 0. The van der Waals surface area contributed by atoms with Gasteiger partial charge in [0.1, 0.15) is 11.6 Å². The number of carbonyl (C=O) groups excluding carboxylic acids is 1. The molecule has 0 bridgehead atoms. The van der Waals surface area contributed by atoms with Crippen LogP contribution < -0.4 is 10.6 Å². The van der Waals surface area contributed by atoms with E-state index in [0.717, 1.165) is 18.4 Å². The van der Waals surface area contributed by atoms with E-state index in [1.54, 1.807) is 35.4 Å². The Morgan fingerprint density at radius 2 is 2.00 bits per heavy atom. The fourth-order valence-electron chi connectivity index (χ4n) is 5.36. The molecule has 1 saturated heterocycles. The van der Waals surface area contributed by atoms with Crippen LogP contribution in [0.25, 0.3) is 28.0 Å². The number of anilines is 1. The Bertz CT molecular complexity index is 1690. The summed E-state index contributed by atoms with van der Waals surface area (Å²) in [5.41, 5.74) is 2.44. The standard InChI is InChI=1S/C30H30ClFN6O2/c1-5-9-20-12-13-33-19(4)27(20)38-29-22(16-23(31)26(34-29)21-10-7-8-11-24(21)32)28(35-30(38)40)37-15-14-36(17-18(37)3)25(39)6-2/h6-8,10-13,16,18H,2,5,9,14-15,17H2,1,3-4H3/t18-/m0/s1. The Morgan fingerprint density at radius 1 is 1.23 bits per heavy atom. The minimum Gasteiger partial charge on any atom is -0.350 e. The molecule has 1 aliphatic rings. The number of pyridine rings is 2. The maximum absolute atomic E-state index is 14.9.